The van der Waals surface area contributed by atoms with Crippen LogP contribution >= 0.6 is 24.1 Å². The summed E-state index contributed by atoms with van der Waals surface area (Å²) < 4.78 is 78.2. The molecule has 2 aromatic carbocycles. The number of nitrogens with zero attached hydrogens (tertiary/aromatic N) is 5. The Balaban J connectivity index is 1.60. The Morgan fingerprint density at radius 1 is 0.946 bits per heavy atom. The van der Waals surface area contributed by atoms with Crippen molar-refractivity contribution in [3.63, 3.8) is 0 Å². The number of carbonyl (C=O) groups excluding carboxylic acids is 3. The van der Waals surface area contributed by atoms with Gasteiger partial charge in [-0.1, -0.05) is 10.1 Å². The molecule has 22 nitrogen and oxygen atoms in total. The Morgan fingerprint density at radius 2 is 1.54 bits per heavy atom. The first kappa shape index (κ1) is 42.2. The highest BCUT2D eigenvalue weighted by atomic mass is 32.2. The van der Waals surface area contributed by atoms with Gasteiger partial charge in [0.15, 0.2) is 5.71 Å². The molecule has 5 rings (SSSR count). The summed E-state index contributed by atoms with van der Waals surface area (Å²) in [6.07, 6.45) is 5.74. The molecule has 2 aliphatic heterocycles. The number of aromatic hydroxyl groups is 1. The number of likely N-dealkylation sites (tertiary alicyclic amines) is 1. The van der Waals surface area contributed by atoms with Gasteiger partial charge in [0.1, 0.15) is 9.79 Å². The van der Waals surface area contributed by atoms with Gasteiger partial charge in [0.25, 0.3) is 32.1 Å². The van der Waals surface area contributed by atoms with Gasteiger partial charge >= 0.3 is 0 Å². The lowest BCUT2D eigenvalue weighted by Gasteiger charge is -2.17. The summed E-state index contributed by atoms with van der Waals surface area (Å²) in [6, 6.07) is 6.48. The summed E-state index contributed by atoms with van der Waals surface area (Å²) in [5.41, 5.74) is -1.41. The van der Waals surface area contributed by atoms with Gasteiger partial charge in [-0.25, -0.2) is 10.5 Å². The number of hydrazone groups is 1. The number of allylic oxidation sites excluding steroid dienone is 3. The lowest BCUT2D eigenvalue weighted by Crippen LogP contribution is -2.29. The zero-order valence-electron chi connectivity index (χ0n) is 28.5. The molecular formula is C30H28N6O16S4. The van der Waals surface area contributed by atoms with Crippen molar-refractivity contribution in [3.8, 4) is 11.6 Å². The maximum Gasteiger partial charge on any atom is 0.296 e. The molecule has 0 atom stereocenters. The second-order valence-electron chi connectivity index (χ2n) is 11.2. The molecule has 0 spiro atoms. The topological polar surface area (TPSA) is 306 Å². The molecule has 1 saturated heterocycles. The summed E-state index contributed by atoms with van der Waals surface area (Å²) in [4.78, 5) is 39.8. The fraction of sp³-hybridized carbons (Fsp3) is 0.167. The molecule has 0 unspecified atom stereocenters. The van der Waals surface area contributed by atoms with Crippen LogP contribution < -0.4 is 10.3 Å². The summed E-state index contributed by atoms with van der Waals surface area (Å²) >= 11 is 0.866. The third-order valence-electron chi connectivity index (χ3n) is 7.82. The second kappa shape index (κ2) is 17.4. The molecule has 2 aliphatic rings. The Labute approximate surface area is 324 Å². The fourth-order valence-corrected chi connectivity index (χ4v) is 7.46. The Kier molecular flexibility index (Phi) is 13.1. The Morgan fingerprint density at radius 3 is 2.07 bits per heavy atom. The van der Waals surface area contributed by atoms with Crippen molar-refractivity contribution < 1.29 is 74.7 Å². The molecule has 3 aromatic rings. The van der Waals surface area contributed by atoms with Crippen molar-refractivity contribution in [2.45, 2.75) is 39.3 Å². The van der Waals surface area contributed by atoms with Gasteiger partial charge in [0.2, 0.25) is 11.8 Å². The third kappa shape index (κ3) is 9.18. The molecule has 56 heavy (non-hydrogen) atoms. The number of amides is 3. The van der Waals surface area contributed by atoms with E-state index in [1.165, 1.54) is 43.2 Å². The van der Waals surface area contributed by atoms with E-state index in [-0.39, 0.29) is 56.9 Å². The molecule has 0 radical (unpaired) electrons. The summed E-state index contributed by atoms with van der Waals surface area (Å²) in [5.74, 6) is -2.85. The van der Waals surface area contributed by atoms with Crippen molar-refractivity contribution >= 4 is 79.5 Å². The SMILES string of the molecule is CNC(=O)C1=NN(c2cc(SOOO)ccc2S(=O)(=O)O)C(=O)/C1=C\C=C(C=Cc1c(C)nn(-c2cc(SOOO)ccc2S(=O)(=O)O)c1O)N1CCCC1=O. The number of carbonyl (C=O) groups is 3. The number of hydrogen-bond donors (Lipinski definition) is 6. The zero-order chi connectivity index (χ0) is 40.9. The molecule has 6 N–H and O–H groups in total. The monoisotopic (exact) mass is 856 g/mol. The molecule has 0 aliphatic carbocycles. The van der Waals surface area contributed by atoms with Crippen LogP contribution in [0.3, 0.4) is 0 Å². The molecular weight excluding hydrogens is 829 g/mol. The van der Waals surface area contributed by atoms with Crippen LogP contribution in [-0.4, -0.2) is 93.3 Å². The van der Waals surface area contributed by atoms with E-state index >= 15 is 0 Å². The first-order valence-electron chi connectivity index (χ1n) is 15.4. The zero-order valence-corrected chi connectivity index (χ0v) is 31.8. The molecule has 1 fully saturated rings. The summed E-state index contributed by atoms with van der Waals surface area (Å²) in [5, 5.41) is 46.5. The number of nitrogens with one attached hydrogen (secondary N) is 1. The standard InChI is InChI=1S/C30H28N6O16S4/c1-16-20(29(39)35(32-16)22-14-18(53-51-49-41)7-11-24(22)55(43,44)45)9-5-17(34-13-3-4-26(34)37)6-10-21-27(28(38)31-2)33-36(30(21)40)23-15-19(54-52-50-42)8-12-25(23)56(46,47)48/h5-12,14-15,39,41-42H,3-4,13H2,1-2H3,(H,31,38)(H,43,44,45)(H,46,47,48)/b9-5?,17-6?,21-10-. The predicted molar refractivity (Wildman–Crippen MR) is 192 cm³/mol. The van der Waals surface area contributed by atoms with Gasteiger partial charge in [-0.3, -0.25) is 23.5 Å². The van der Waals surface area contributed by atoms with Gasteiger partial charge in [-0.2, -0.15) is 36.7 Å². The van der Waals surface area contributed by atoms with E-state index in [4.69, 9.17) is 10.5 Å². The number of rotatable bonds is 15. The minimum atomic E-state index is -4.98. The van der Waals surface area contributed by atoms with E-state index in [9.17, 15) is 45.4 Å². The number of benzene rings is 2. The highest BCUT2D eigenvalue weighted by Gasteiger charge is 2.37. The van der Waals surface area contributed by atoms with Gasteiger partial charge in [-0.15, -0.1) is 8.67 Å². The highest BCUT2D eigenvalue weighted by molar-refractivity contribution is 7.94. The van der Waals surface area contributed by atoms with E-state index in [1.807, 2.05) is 0 Å². The molecule has 26 heteroatoms. The van der Waals surface area contributed by atoms with Gasteiger partial charge in [0.05, 0.1) is 52.3 Å². The summed E-state index contributed by atoms with van der Waals surface area (Å²) in [7, 11) is -8.60. The quantitative estimate of drug-likeness (QED) is 0.0320. The molecule has 0 bridgehead atoms. The maximum atomic E-state index is 13.8. The number of anilines is 1. The predicted octanol–water partition coefficient (Wildman–Crippen LogP) is 2.83. The summed E-state index contributed by atoms with van der Waals surface area (Å²) in [6.45, 7) is 1.69. The van der Waals surface area contributed by atoms with Crippen LogP contribution in [0.25, 0.3) is 11.8 Å². The smallest absolute Gasteiger partial charge is 0.296 e. The van der Waals surface area contributed by atoms with Crippen LogP contribution in [0.15, 0.2) is 90.6 Å². The largest absolute Gasteiger partial charge is 0.493 e. The van der Waals surface area contributed by atoms with E-state index in [1.54, 1.807) is 0 Å². The van der Waals surface area contributed by atoms with Crippen molar-refractivity contribution in [3.05, 3.63) is 77.2 Å². The molecule has 3 heterocycles. The van der Waals surface area contributed by atoms with E-state index in [0.717, 1.165) is 41.1 Å². The Bertz CT molecular complexity index is 2430. The van der Waals surface area contributed by atoms with Crippen molar-refractivity contribution in [2.75, 3.05) is 18.6 Å². The van der Waals surface area contributed by atoms with Crippen LogP contribution in [-0.2, 0) is 53.4 Å². The van der Waals surface area contributed by atoms with E-state index in [0.29, 0.717) is 35.5 Å². The minimum Gasteiger partial charge on any atom is -0.493 e. The molecule has 1 aromatic heterocycles. The van der Waals surface area contributed by atoms with Gasteiger partial charge in [-0.05, 0) is 74.0 Å². The fourth-order valence-electron chi connectivity index (χ4n) is 5.37. The average molecular weight is 857 g/mol. The number of aromatic nitrogens is 2. The van der Waals surface area contributed by atoms with Crippen LogP contribution in [0.1, 0.15) is 24.1 Å². The van der Waals surface area contributed by atoms with Crippen LogP contribution in [0.5, 0.6) is 5.88 Å². The average Bonchev–Trinajstić information content (AvgIpc) is 3.82. The van der Waals surface area contributed by atoms with Crippen molar-refractivity contribution in [1.82, 2.24) is 20.0 Å². The van der Waals surface area contributed by atoms with Gasteiger partial charge < -0.3 is 15.3 Å². The van der Waals surface area contributed by atoms with E-state index < -0.39 is 59.1 Å². The number of hydrogen-bond acceptors (Lipinski definition) is 18. The van der Waals surface area contributed by atoms with Gasteiger partial charge in [0, 0.05) is 35.5 Å². The number of aryl methyl sites for hydroxylation is 1. The van der Waals surface area contributed by atoms with Crippen LogP contribution in [0, 0.1) is 6.92 Å². The minimum absolute atomic E-state index is 0.0197. The lowest BCUT2D eigenvalue weighted by molar-refractivity contribution is -0.432. The lowest BCUT2D eigenvalue weighted by atomic mass is 10.1. The normalized spacial score (nSPS) is 16.1. The van der Waals surface area contributed by atoms with Crippen LogP contribution in [0.2, 0.25) is 0 Å². The van der Waals surface area contributed by atoms with Crippen molar-refractivity contribution in [1.29, 1.82) is 0 Å². The second-order valence-corrected chi connectivity index (χ2v) is 15.5. The van der Waals surface area contributed by atoms with Crippen LogP contribution in [0.4, 0.5) is 5.69 Å². The highest BCUT2D eigenvalue weighted by Crippen LogP contribution is 2.36. The first-order valence-corrected chi connectivity index (χ1v) is 19.7. The van der Waals surface area contributed by atoms with Crippen molar-refractivity contribution in [2.24, 2.45) is 5.10 Å². The first-order chi connectivity index (χ1) is 26.5. The molecule has 0 saturated carbocycles. The molecule has 298 valence electrons. The maximum absolute atomic E-state index is 13.8. The molecule has 3 amide bonds. The Hall–Kier alpha value is -4.97. The van der Waals surface area contributed by atoms with E-state index in [2.05, 4.69) is 34.3 Å². The third-order valence-corrected chi connectivity index (χ3v) is 10.8.